The van der Waals surface area contributed by atoms with Gasteiger partial charge in [0.2, 0.25) is 6.41 Å². The number of piperazine rings is 1. The molecule has 1 saturated carbocycles. The number of carbonyl (C=O) groups excluding carboxylic acids is 1. The fraction of sp³-hybridized carbons (Fsp3) is 0.783. The van der Waals surface area contributed by atoms with Gasteiger partial charge in [0.15, 0.2) is 0 Å². The Labute approximate surface area is 181 Å². The molecule has 7 heteroatoms. The summed E-state index contributed by atoms with van der Waals surface area (Å²) in [5, 5.41) is 2.89. The first-order valence-electron chi connectivity index (χ1n) is 11.4. The maximum absolute atomic E-state index is 10.5. The van der Waals surface area contributed by atoms with Gasteiger partial charge in [0, 0.05) is 62.4 Å². The maximum Gasteiger partial charge on any atom is 0.207 e. The molecule has 1 aliphatic heterocycles. The van der Waals surface area contributed by atoms with E-state index in [1.165, 1.54) is 6.42 Å². The SMILES string of the molecule is COCCc1cc(N2CCN(CCC3CC(NC=O)C3)C(C)C2)nc(C(C)(C)C)n1. The van der Waals surface area contributed by atoms with Crippen LogP contribution in [0, 0.1) is 5.92 Å². The molecule has 1 unspecified atom stereocenters. The van der Waals surface area contributed by atoms with Gasteiger partial charge in [-0.15, -0.1) is 0 Å². The van der Waals surface area contributed by atoms with E-state index in [1.807, 2.05) is 0 Å². The van der Waals surface area contributed by atoms with E-state index >= 15 is 0 Å². The van der Waals surface area contributed by atoms with E-state index in [1.54, 1.807) is 7.11 Å². The van der Waals surface area contributed by atoms with E-state index < -0.39 is 0 Å². The molecule has 168 valence electrons. The highest BCUT2D eigenvalue weighted by Crippen LogP contribution is 2.31. The molecule has 0 bridgehead atoms. The van der Waals surface area contributed by atoms with Crippen LogP contribution in [0.15, 0.2) is 6.07 Å². The van der Waals surface area contributed by atoms with Crippen molar-refractivity contribution >= 4 is 12.2 Å². The van der Waals surface area contributed by atoms with Crippen molar-refractivity contribution in [2.24, 2.45) is 5.92 Å². The first-order chi connectivity index (χ1) is 14.3. The minimum Gasteiger partial charge on any atom is -0.384 e. The number of amides is 1. The minimum absolute atomic E-state index is 0.0788. The molecule has 1 saturated heterocycles. The second kappa shape index (κ2) is 10.1. The van der Waals surface area contributed by atoms with E-state index in [2.05, 4.69) is 48.9 Å². The predicted molar refractivity (Wildman–Crippen MR) is 120 cm³/mol. The van der Waals surface area contributed by atoms with Crippen molar-refractivity contribution in [3.05, 3.63) is 17.6 Å². The normalized spacial score (nSPS) is 25.1. The van der Waals surface area contributed by atoms with Crippen LogP contribution in [-0.2, 0) is 21.4 Å². The third-order valence-corrected chi connectivity index (χ3v) is 6.45. The van der Waals surface area contributed by atoms with Crippen LogP contribution in [-0.4, -0.2) is 73.3 Å². The Morgan fingerprint density at radius 1 is 1.27 bits per heavy atom. The average Bonchev–Trinajstić information content (AvgIpc) is 2.68. The Bertz CT molecular complexity index is 699. The number of rotatable bonds is 9. The Balaban J connectivity index is 1.58. The molecule has 0 aromatic carbocycles. The lowest BCUT2D eigenvalue weighted by Crippen LogP contribution is -2.53. The molecule has 1 aromatic rings. The number of ether oxygens (including phenoxy) is 1. The number of aromatic nitrogens is 2. The fourth-order valence-electron chi connectivity index (χ4n) is 4.40. The van der Waals surface area contributed by atoms with Crippen LogP contribution in [0.3, 0.4) is 0 Å². The topological polar surface area (TPSA) is 70.6 Å². The van der Waals surface area contributed by atoms with Gasteiger partial charge in [-0.25, -0.2) is 9.97 Å². The molecule has 2 fully saturated rings. The molecule has 2 aliphatic rings. The Morgan fingerprint density at radius 3 is 2.67 bits per heavy atom. The van der Waals surface area contributed by atoms with Crippen molar-refractivity contribution in [2.75, 3.05) is 44.8 Å². The van der Waals surface area contributed by atoms with E-state index in [-0.39, 0.29) is 5.41 Å². The summed E-state index contributed by atoms with van der Waals surface area (Å²) in [6.07, 6.45) is 5.14. The summed E-state index contributed by atoms with van der Waals surface area (Å²) in [7, 11) is 1.73. The van der Waals surface area contributed by atoms with Crippen LogP contribution in [0.4, 0.5) is 5.82 Å². The number of carbonyl (C=O) groups is 1. The van der Waals surface area contributed by atoms with Crippen LogP contribution in [0.1, 0.15) is 58.5 Å². The minimum atomic E-state index is -0.0788. The maximum atomic E-state index is 10.5. The molecule has 30 heavy (non-hydrogen) atoms. The number of methoxy groups -OCH3 is 1. The van der Waals surface area contributed by atoms with Gasteiger partial charge in [-0.3, -0.25) is 9.69 Å². The van der Waals surface area contributed by atoms with Crippen LogP contribution < -0.4 is 10.2 Å². The summed E-state index contributed by atoms with van der Waals surface area (Å²) in [6, 6.07) is 3.05. The average molecular weight is 418 g/mol. The zero-order valence-electron chi connectivity index (χ0n) is 19.4. The lowest BCUT2D eigenvalue weighted by atomic mass is 9.78. The largest absolute Gasteiger partial charge is 0.384 e. The molecule has 0 spiro atoms. The molecule has 1 atom stereocenters. The van der Waals surface area contributed by atoms with E-state index in [0.29, 0.717) is 18.7 Å². The zero-order valence-corrected chi connectivity index (χ0v) is 19.4. The van der Waals surface area contributed by atoms with E-state index in [9.17, 15) is 4.79 Å². The van der Waals surface area contributed by atoms with E-state index in [0.717, 1.165) is 75.1 Å². The first kappa shape index (κ1) is 22.9. The van der Waals surface area contributed by atoms with Crippen LogP contribution >= 0.6 is 0 Å². The molecule has 2 heterocycles. The number of nitrogens with one attached hydrogen (secondary N) is 1. The molecule has 1 aliphatic carbocycles. The lowest BCUT2D eigenvalue weighted by molar-refractivity contribution is -0.110. The third kappa shape index (κ3) is 5.91. The Hall–Kier alpha value is -1.73. The molecule has 1 N–H and O–H groups in total. The Kier molecular flexibility index (Phi) is 7.69. The number of hydrogen-bond donors (Lipinski definition) is 1. The van der Waals surface area contributed by atoms with Gasteiger partial charge in [-0.05, 0) is 38.6 Å². The fourth-order valence-corrected chi connectivity index (χ4v) is 4.40. The van der Waals surface area contributed by atoms with Gasteiger partial charge in [0.25, 0.3) is 0 Å². The van der Waals surface area contributed by atoms with Gasteiger partial charge >= 0.3 is 0 Å². The standard InChI is InChI=1S/C23H39N5O2/c1-17-15-28(10-9-27(17)8-6-18-12-20(13-18)24-16-29)21-14-19(7-11-30-5)25-22(26-21)23(2,3)4/h14,16-18,20H,6-13,15H2,1-5H3,(H,24,29). The molecule has 7 nitrogen and oxygen atoms in total. The molecule has 1 aromatic heterocycles. The highest BCUT2D eigenvalue weighted by molar-refractivity contribution is 5.47. The van der Waals surface area contributed by atoms with Crippen LogP contribution in [0.2, 0.25) is 0 Å². The van der Waals surface area contributed by atoms with Crippen molar-refractivity contribution in [2.45, 2.75) is 70.9 Å². The van der Waals surface area contributed by atoms with E-state index in [4.69, 9.17) is 14.7 Å². The van der Waals surface area contributed by atoms with Gasteiger partial charge < -0.3 is 15.0 Å². The van der Waals surface area contributed by atoms with Crippen LogP contribution in [0.5, 0.6) is 0 Å². The summed E-state index contributed by atoms with van der Waals surface area (Å²) in [6.45, 7) is 13.7. The second-order valence-corrected chi connectivity index (χ2v) is 9.97. The summed E-state index contributed by atoms with van der Waals surface area (Å²) >= 11 is 0. The van der Waals surface area contributed by atoms with Crippen molar-refractivity contribution < 1.29 is 9.53 Å². The monoisotopic (exact) mass is 417 g/mol. The second-order valence-electron chi connectivity index (χ2n) is 9.97. The number of hydrogen-bond acceptors (Lipinski definition) is 6. The molecular formula is C23H39N5O2. The third-order valence-electron chi connectivity index (χ3n) is 6.45. The van der Waals surface area contributed by atoms with Crippen molar-refractivity contribution in [3.63, 3.8) is 0 Å². The highest BCUT2D eigenvalue weighted by Gasteiger charge is 2.31. The Morgan fingerprint density at radius 2 is 2.03 bits per heavy atom. The number of nitrogens with zero attached hydrogens (tertiary/aromatic N) is 4. The summed E-state index contributed by atoms with van der Waals surface area (Å²) in [4.78, 5) is 25.3. The summed E-state index contributed by atoms with van der Waals surface area (Å²) in [5.41, 5.74) is 0.982. The van der Waals surface area contributed by atoms with Gasteiger partial charge in [-0.1, -0.05) is 20.8 Å². The van der Waals surface area contributed by atoms with Gasteiger partial charge in [0.05, 0.1) is 6.61 Å². The predicted octanol–water partition coefficient (Wildman–Crippen LogP) is 2.39. The first-order valence-corrected chi connectivity index (χ1v) is 11.4. The summed E-state index contributed by atoms with van der Waals surface area (Å²) < 4.78 is 5.27. The molecular weight excluding hydrogens is 378 g/mol. The smallest absolute Gasteiger partial charge is 0.207 e. The zero-order chi connectivity index (χ0) is 21.7. The van der Waals surface area contributed by atoms with Crippen molar-refractivity contribution in [3.8, 4) is 0 Å². The highest BCUT2D eigenvalue weighted by atomic mass is 16.5. The molecule has 0 radical (unpaired) electrons. The van der Waals surface area contributed by atoms with Crippen molar-refractivity contribution in [1.82, 2.24) is 20.2 Å². The lowest BCUT2D eigenvalue weighted by Gasteiger charge is -2.42. The molecule has 3 rings (SSSR count). The quantitative estimate of drug-likeness (QED) is 0.622. The van der Waals surface area contributed by atoms with Crippen molar-refractivity contribution in [1.29, 1.82) is 0 Å². The van der Waals surface area contributed by atoms with Crippen LogP contribution in [0.25, 0.3) is 0 Å². The van der Waals surface area contributed by atoms with Gasteiger partial charge in [-0.2, -0.15) is 0 Å². The van der Waals surface area contributed by atoms with Gasteiger partial charge in [0.1, 0.15) is 11.6 Å². The molecule has 1 amide bonds. The number of anilines is 1. The summed E-state index contributed by atoms with van der Waals surface area (Å²) in [5.74, 6) is 2.71.